The van der Waals surface area contributed by atoms with Gasteiger partial charge in [-0.15, -0.1) is 8.78 Å². The lowest BCUT2D eigenvalue weighted by molar-refractivity contribution is -0.334. The van der Waals surface area contributed by atoms with E-state index in [0.29, 0.717) is 5.56 Å². The van der Waals surface area contributed by atoms with E-state index >= 15 is 0 Å². The third kappa shape index (κ3) is 4.85. The number of nitrogens with one attached hydrogen (secondary N) is 1. The minimum absolute atomic E-state index is 0.194. The van der Waals surface area contributed by atoms with E-state index in [4.69, 9.17) is 5.26 Å². The fourth-order valence-electron chi connectivity index (χ4n) is 1.77. The maximum Gasteiger partial charge on any atom is 0.586 e. The van der Waals surface area contributed by atoms with Gasteiger partial charge in [0.1, 0.15) is 6.07 Å². The Morgan fingerprint density at radius 2 is 1.83 bits per heavy atom. The molecule has 130 valence electrons. The number of halogens is 2. The largest absolute Gasteiger partial charge is 0.586 e. The van der Waals surface area contributed by atoms with Crippen LogP contribution in [-0.2, 0) is 9.47 Å². The summed E-state index contributed by atoms with van der Waals surface area (Å²) in [6.07, 6.45) is 3.16. The molecular formula is C18H22F2N2O2. The number of H-pyrrole nitrogens is 1. The third-order valence-electron chi connectivity index (χ3n) is 2.54. The molecule has 0 saturated carbocycles. The fourth-order valence-corrected chi connectivity index (χ4v) is 1.77. The summed E-state index contributed by atoms with van der Waals surface area (Å²) in [4.78, 5) is 2.74. The molecule has 4 nitrogen and oxygen atoms in total. The summed E-state index contributed by atoms with van der Waals surface area (Å²) in [5, 5.41) is 9.01. The molecule has 0 bridgehead atoms. The van der Waals surface area contributed by atoms with E-state index in [1.165, 1.54) is 24.5 Å². The van der Waals surface area contributed by atoms with Gasteiger partial charge in [-0.25, -0.2) is 0 Å². The van der Waals surface area contributed by atoms with E-state index in [1.54, 1.807) is 0 Å². The van der Waals surface area contributed by atoms with Crippen LogP contribution in [0.3, 0.4) is 0 Å². The van der Waals surface area contributed by atoms with Crippen molar-refractivity contribution in [3.05, 3.63) is 66.4 Å². The molecule has 6 heteroatoms. The average Bonchev–Trinajstić information content (AvgIpc) is 3.19. The number of hydrogen-bond donors (Lipinski definition) is 1. The van der Waals surface area contributed by atoms with Gasteiger partial charge in [-0.05, 0) is 6.08 Å². The van der Waals surface area contributed by atoms with Crippen LogP contribution < -0.4 is 0 Å². The second kappa shape index (κ2) is 10.1. The molecule has 2 heterocycles. The summed E-state index contributed by atoms with van der Waals surface area (Å²) in [5.74, 6) is -0.394. The van der Waals surface area contributed by atoms with Crippen molar-refractivity contribution in [2.75, 3.05) is 0 Å². The molecule has 0 spiro atoms. The van der Waals surface area contributed by atoms with E-state index < -0.39 is 6.29 Å². The molecule has 1 aliphatic rings. The van der Waals surface area contributed by atoms with Crippen LogP contribution in [-0.4, -0.2) is 11.3 Å². The van der Waals surface area contributed by atoms with Gasteiger partial charge in [0, 0.05) is 23.5 Å². The zero-order chi connectivity index (χ0) is 18.8. The molecule has 24 heavy (non-hydrogen) atoms. The average molecular weight is 336 g/mol. The van der Waals surface area contributed by atoms with Crippen LogP contribution in [0.5, 0.6) is 0 Å². The monoisotopic (exact) mass is 336 g/mol. The van der Waals surface area contributed by atoms with E-state index in [1.807, 2.05) is 33.8 Å². The number of aromatic nitrogens is 1. The third-order valence-corrected chi connectivity index (χ3v) is 2.54. The van der Waals surface area contributed by atoms with E-state index in [9.17, 15) is 8.78 Å². The number of hydrogen-bond acceptors (Lipinski definition) is 3. The van der Waals surface area contributed by atoms with Crippen molar-refractivity contribution in [2.24, 2.45) is 0 Å². The van der Waals surface area contributed by atoms with Crippen molar-refractivity contribution < 1.29 is 18.3 Å². The topological polar surface area (TPSA) is 58.0 Å². The zero-order valence-corrected chi connectivity index (χ0v) is 14.3. The van der Waals surface area contributed by atoms with Crippen LogP contribution in [0, 0.1) is 11.3 Å². The van der Waals surface area contributed by atoms with E-state index in [0.717, 1.165) is 6.08 Å². The number of ether oxygens (including phenoxy) is 2. The van der Waals surface area contributed by atoms with Crippen molar-refractivity contribution >= 4 is 5.57 Å². The Labute approximate surface area is 141 Å². The van der Waals surface area contributed by atoms with Crippen molar-refractivity contribution in [3.8, 4) is 6.07 Å². The first kappa shape index (κ1) is 21.2. The lowest BCUT2D eigenvalue weighted by Gasteiger charge is -2.09. The Kier molecular flexibility index (Phi) is 8.88. The minimum Gasteiger partial charge on any atom is -0.395 e. The Bertz CT molecular complexity index is 665. The number of nitriles is 1. The van der Waals surface area contributed by atoms with Crippen molar-refractivity contribution in [2.45, 2.75) is 34.0 Å². The number of aromatic amines is 1. The number of allylic oxidation sites excluding steroid dienone is 4. The summed E-state index contributed by atoms with van der Waals surface area (Å²) >= 11 is 0. The molecule has 0 radical (unpaired) electrons. The van der Waals surface area contributed by atoms with Gasteiger partial charge in [0.2, 0.25) is 0 Å². The quantitative estimate of drug-likeness (QED) is 0.738. The first-order valence-corrected chi connectivity index (χ1v) is 7.55. The molecule has 0 aliphatic carbocycles. The second-order valence-corrected chi connectivity index (χ2v) is 3.78. The van der Waals surface area contributed by atoms with Crippen LogP contribution in [0.25, 0.3) is 5.57 Å². The SMILES string of the molecule is C=C/C=C(\C1=C(C=C)OC(F)(F)O1)c1c[nH]cc1C#N.CC.CC. The maximum atomic E-state index is 13.2. The molecule has 0 atom stereocenters. The minimum atomic E-state index is -3.76. The first-order chi connectivity index (χ1) is 11.5. The highest BCUT2D eigenvalue weighted by Crippen LogP contribution is 2.41. The van der Waals surface area contributed by atoms with Gasteiger partial charge < -0.3 is 14.5 Å². The van der Waals surface area contributed by atoms with Crippen LogP contribution >= 0.6 is 0 Å². The molecule has 0 aromatic carbocycles. The molecule has 1 aromatic heterocycles. The highest BCUT2D eigenvalue weighted by atomic mass is 19.3. The van der Waals surface area contributed by atoms with Gasteiger partial charge in [-0.1, -0.05) is 53.0 Å². The summed E-state index contributed by atoms with van der Waals surface area (Å²) in [6.45, 7) is 14.9. The standard InChI is InChI=1S/C14H10F2N2O2.2C2H6/c1-3-5-10(11-8-18-7-9(11)6-17)13-12(4-2)19-14(15,16)20-13;2*1-2/h3-5,7-8,18H,1-2H2;2*1-2H3/b10-5-;;. The lowest BCUT2D eigenvalue weighted by atomic mass is 10.0. The van der Waals surface area contributed by atoms with Crippen molar-refractivity contribution in [1.82, 2.24) is 4.98 Å². The lowest BCUT2D eigenvalue weighted by Crippen LogP contribution is -2.16. The predicted molar refractivity (Wildman–Crippen MR) is 90.7 cm³/mol. The van der Waals surface area contributed by atoms with Crippen LogP contribution in [0.4, 0.5) is 8.78 Å². The first-order valence-electron chi connectivity index (χ1n) is 7.55. The Morgan fingerprint density at radius 3 is 2.33 bits per heavy atom. The molecular weight excluding hydrogens is 314 g/mol. The van der Waals surface area contributed by atoms with E-state index in [-0.39, 0.29) is 22.7 Å². The molecule has 0 amide bonds. The Balaban J connectivity index is 0.00000123. The van der Waals surface area contributed by atoms with Gasteiger partial charge >= 0.3 is 6.29 Å². The summed E-state index contributed by atoms with van der Waals surface area (Å²) in [6, 6.07) is 1.95. The Hall–Kier alpha value is -2.81. The molecule has 2 rings (SSSR count). The molecule has 0 unspecified atom stereocenters. The number of alkyl halides is 2. The van der Waals surface area contributed by atoms with Gasteiger partial charge in [-0.2, -0.15) is 5.26 Å². The smallest absolute Gasteiger partial charge is 0.395 e. The van der Waals surface area contributed by atoms with Gasteiger partial charge in [0.15, 0.2) is 11.5 Å². The maximum absolute atomic E-state index is 13.2. The number of rotatable bonds is 4. The van der Waals surface area contributed by atoms with E-state index in [2.05, 4.69) is 27.6 Å². The molecule has 1 N–H and O–H groups in total. The second-order valence-electron chi connectivity index (χ2n) is 3.78. The molecule has 1 aliphatic heterocycles. The summed E-state index contributed by atoms with van der Waals surface area (Å²) < 4.78 is 35.2. The normalized spacial score (nSPS) is 14.8. The fraction of sp³-hybridized carbons (Fsp3) is 0.278. The van der Waals surface area contributed by atoms with Gasteiger partial charge in [0.25, 0.3) is 0 Å². The van der Waals surface area contributed by atoms with Crippen molar-refractivity contribution in [3.63, 3.8) is 0 Å². The van der Waals surface area contributed by atoms with Gasteiger partial charge in [-0.3, -0.25) is 0 Å². The van der Waals surface area contributed by atoms with Crippen molar-refractivity contribution in [1.29, 1.82) is 5.26 Å². The predicted octanol–water partition coefficient (Wildman–Crippen LogP) is 5.50. The zero-order valence-electron chi connectivity index (χ0n) is 14.3. The highest BCUT2D eigenvalue weighted by molar-refractivity contribution is 5.82. The van der Waals surface area contributed by atoms with Gasteiger partial charge in [0.05, 0.1) is 5.56 Å². The molecule has 0 saturated heterocycles. The van der Waals surface area contributed by atoms with Crippen LogP contribution in [0.2, 0.25) is 0 Å². The molecule has 1 aromatic rings. The molecule has 0 fully saturated rings. The summed E-state index contributed by atoms with van der Waals surface area (Å²) in [7, 11) is 0. The highest BCUT2D eigenvalue weighted by Gasteiger charge is 2.45. The van der Waals surface area contributed by atoms with Crippen LogP contribution in [0.15, 0.2) is 55.3 Å². The Morgan fingerprint density at radius 1 is 1.21 bits per heavy atom. The summed E-state index contributed by atoms with van der Waals surface area (Å²) in [5.41, 5.74) is 0.945. The number of nitrogens with zero attached hydrogens (tertiary/aromatic N) is 1. The van der Waals surface area contributed by atoms with Crippen LogP contribution in [0.1, 0.15) is 38.8 Å².